The molecule has 0 radical (unpaired) electrons. The number of nitrogens with zero attached hydrogens (tertiary/aromatic N) is 5. The zero-order chi connectivity index (χ0) is 18.7. The van der Waals surface area contributed by atoms with E-state index < -0.39 is 10.0 Å². The van der Waals surface area contributed by atoms with Crippen molar-refractivity contribution in [2.45, 2.75) is 17.5 Å². The van der Waals surface area contributed by atoms with Crippen LogP contribution in [0.2, 0.25) is 0 Å². The lowest BCUT2D eigenvalue weighted by molar-refractivity contribution is 0.271. The van der Waals surface area contributed by atoms with Gasteiger partial charge in [0.25, 0.3) is 0 Å². The van der Waals surface area contributed by atoms with E-state index in [9.17, 15) is 8.42 Å². The Morgan fingerprint density at radius 2 is 2.00 bits per heavy atom. The molecule has 1 fully saturated rings. The van der Waals surface area contributed by atoms with E-state index in [2.05, 4.69) is 20.4 Å². The van der Waals surface area contributed by atoms with Crippen LogP contribution in [0.3, 0.4) is 0 Å². The third-order valence-electron chi connectivity index (χ3n) is 4.62. The van der Waals surface area contributed by atoms with Crippen molar-refractivity contribution in [1.29, 1.82) is 0 Å². The van der Waals surface area contributed by atoms with Gasteiger partial charge in [-0.05, 0) is 23.3 Å². The van der Waals surface area contributed by atoms with Gasteiger partial charge in [0, 0.05) is 32.0 Å². The lowest BCUT2D eigenvalue weighted by Gasteiger charge is -2.35. The number of hydrogen-bond acceptors (Lipinski definition) is 6. The quantitative estimate of drug-likeness (QED) is 0.672. The molecule has 0 aliphatic carbocycles. The number of nitrogens with one attached hydrogen (secondary N) is 1. The number of pyridine rings is 1. The SMILES string of the molecule is Cl.O=S(=O)(c1ccccc1Cn1cncn1)N1CCNCC1c1cccnc1. The van der Waals surface area contributed by atoms with E-state index in [4.69, 9.17) is 0 Å². The molecule has 148 valence electrons. The van der Waals surface area contributed by atoms with Gasteiger partial charge in [0.15, 0.2) is 0 Å². The fourth-order valence-corrected chi connectivity index (χ4v) is 5.16. The molecule has 1 saturated heterocycles. The van der Waals surface area contributed by atoms with Crippen molar-refractivity contribution in [2.75, 3.05) is 19.6 Å². The van der Waals surface area contributed by atoms with Gasteiger partial charge < -0.3 is 5.32 Å². The maximum atomic E-state index is 13.6. The summed E-state index contributed by atoms with van der Waals surface area (Å²) in [6, 6.07) is 10.5. The standard InChI is InChI=1S/C18H20N6O2S.ClH/c25-27(26,18-6-2-1-4-16(18)12-23-14-21-13-22-23)24-9-8-20-11-17(24)15-5-3-7-19-10-15;/h1-7,10,13-14,17,20H,8-9,11-12H2;1H. The topological polar surface area (TPSA) is 93.0 Å². The Morgan fingerprint density at radius 3 is 2.75 bits per heavy atom. The summed E-state index contributed by atoms with van der Waals surface area (Å²) in [7, 11) is -3.69. The Labute approximate surface area is 170 Å². The number of sulfonamides is 1. The zero-order valence-corrected chi connectivity index (χ0v) is 16.7. The van der Waals surface area contributed by atoms with Crippen LogP contribution in [0.5, 0.6) is 0 Å². The number of rotatable bonds is 5. The van der Waals surface area contributed by atoms with E-state index >= 15 is 0 Å². The van der Waals surface area contributed by atoms with Gasteiger partial charge in [-0.15, -0.1) is 12.4 Å². The van der Waals surface area contributed by atoms with Crippen molar-refractivity contribution in [3.8, 4) is 0 Å². The second-order valence-electron chi connectivity index (χ2n) is 6.32. The predicted molar refractivity (Wildman–Crippen MR) is 107 cm³/mol. The van der Waals surface area contributed by atoms with Crippen LogP contribution in [-0.4, -0.2) is 52.1 Å². The van der Waals surface area contributed by atoms with E-state index in [0.29, 0.717) is 36.6 Å². The average molecular weight is 421 g/mol. The number of halogens is 1. The summed E-state index contributed by atoms with van der Waals surface area (Å²) in [6.07, 6.45) is 6.42. The van der Waals surface area contributed by atoms with E-state index in [1.54, 1.807) is 39.8 Å². The van der Waals surface area contributed by atoms with E-state index in [0.717, 1.165) is 5.56 Å². The Hall–Kier alpha value is -2.33. The molecule has 0 bridgehead atoms. The van der Waals surface area contributed by atoms with Crippen LogP contribution in [0.1, 0.15) is 17.2 Å². The average Bonchev–Trinajstić information content (AvgIpc) is 3.22. The van der Waals surface area contributed by atoms with Gasteiger partial charge in [-0.3, -0.25) is 4.98 Å². The third kappa shape index (κ3) is 4.07. The molecule has 8 nitrogen and oxygen atoms in total. The largest absolute Gasteiger partial charge is 0.313 e. The molecular weight excluding hydrogens is 400 g/mol. The molecule has 0 spiro atoms. The lowest BCUT2D eigenvalue weighted by Crippen LogP contribution is -2.48. The highest BCUT2D eigenvalue weighted by Gasteiger charge is 2.35. The zero-order valence-electron chi connectivity index (χ0n) is 15.0. The van der Waals surface area contributed by atoms with E-state index in [-0.39, 0.29) is 18.4 Å². The number of piperazine rings is 1. The van der Waals surface area contributed by atoms with Gasteiger partial charge in [0.2, 0.25) is 10.0 Å². The van der Waals surface area contributed by atoms with Crippen molar-refractivity contribution in [3.63, 3.8) is 0 Å². The molecule has 3 heterocycles. The molecule has 1 aliphatic heterocycles. The summed E-state index contributed by atoms with van der Waals surface area (Å²) < 4.78 is 30.3. The molecule has 0 amide bonds. The Bertz CT molecular complexity index is 998. The lowest BCUT2D eigenvalue weighted by atomic mass is 10.1. The van der Waals surface area contributed by atoms with Gasteiger partial charge >= 0.3 is 0 Å². The van der Waals surface area contributed by atoms with Crippen LogP contribution >= 0.6 is 12.4 Å². The van der Waals surface area contributed by atoms with Crippen molar-refractivity contribution in [3.05, 3.63) is 72.6 Å². The van der Waals surface area contributed by atoms with Gasteiger partial charge in [-0.25, -0.2) is 18.1 Å². The number of hydrogen-bond donors (Lipinski definition) is 1. The molecular formula is C18H21ClN6O2S. The van der Waals surface area contributed by atoms with Crippen LogP contribution in [0.15, 0.2) is 66.3 Å². The highest BCUT2D eigenvalue weighted by Crippen LogP contribution is 2.30. The molecule has 28 heavy (non-hydrogen) atoms. The van der Waals surface area contributed by atoms with Gasteiger partial charge in [-0.2, -0.15) is 9.40 Å². The van der Waals surface area contributed by atoms with Crippen LogP contribution in [0.4, 0.5) is 0 Å². The summed E-state index contributed by atoms with van der Waals surface area (Å²) >= 11 is 0. The van der Waals surface area contributed by atoms with Crippen LogP contribution in [0, 0.1) is 0 Å². The molecule has 1 N–H and O–H groups in total. The second-order valence-corrected chi connectivity index (χ2v) is 8.18. The minimum atomic E-state index is -3.69. The Balaban J connectivity index is 0.00000225. The fourth-order valence-electron chi connectivity index (χ4n) is 3.33. The normalized spacial score (nSPS) is 17.8. The number of benzene rings is 1. The highest BCUT2D eigenvalue weighted by atomic mass is 35.5. The highest BCUT2D eigenvalue weighted by molar-refractivity contribution is 7.89. The maximum Gasteiger partial charge on any atom is 0.244 e. The molecule has 1 unspecified atom stereocenters. The minimum absolute atomic E-state index is 0. The van der Waals surface area contributed by atoms with Crippen molar-refractivity contribution >= 4 is 22.4 Å². The molecule has 3 aromatic rings. The van der Waals surface area contributed by atoms with Gasteiger partial charge in [-0.1, -0.05) is 24.3 Å². The Kier molecular flexibility index (Phi) is 6.40. The molecule has 2 aromatic heterocycles. The fraction of sp³-hybridized carbons (Fsp3) is 0.278. The smallest absolute Gasteiger partial charge is 0.244 e. The van der Waals surface area contributed by atoms with Crippen molar-refractivity contribution < 1.29 is 8.42 Å². The maximum absolute atomic E-state index is 13.6. The first-order valence-electron chi connectivity index (χ1n) is 8.69. The predicted octanol–water partition coefficient (Wildman–Crippen LogP) is 1.48. The van der Waals surface area contributed by atoms with Crippen molar-refractivity contribution in [2.24, 2.45) is 0 Å². The first-order chi connectivity index (χ1) is 13.2. The summed E-state index contributed by atoms with van der Waals surface area (Å²) in [6.45, 7) is 1.91. The third-order valence-corrected chi connectivity index (χ3v) is 6.63. The first kappa shape index (κ1) is 20.4. The summed E-state index contributed by atoms with van der Waals surface area (Å²) in [4.78, 5) is 8.38. The number of aromatic nitrogens is 4. The molecule has 1 aromatic carbocycles. The molecule has 1 atom stereocenters. The summed E-state index contributed by atoms with van der Waals surface area (Å²) in [5.74, 6) is 0. The second kappa shape index (κ2) is 8.78. The summed E-state index contributed by atoms with van der Waals surface area (Å²) in [5, 5.41) is 7.37. The first-order valence-corrected chi connectivity index (χ1v) is 10.1. The molecule has 10 heteroatoms. The molecule has 4 rings (SSSR count). The van der Waals surface area contributed by atoms with Crippen molar-refractivity contribution in [1.82, 2.24) is 29.4 Å². The van der Waals surface area contributed by atoms with Gasteiger partial charge in [0.1, 0.15) is 12.7 Å². The Morgan fingerprint density at radius 1 is 1.14 bits per heavy atom. The minimum Gasteiger partial charge on any atom is -0.313 e. The van der Waals surface area contributed by atoms with Crippen LogP contribution in [-0.2, 0) is 16.6 Å². The molecule has 1 aliphatic rings. The monoisotopic (exact) mass is 420 g/mol. The molecule has 0 saturated carbocycles. The summed E-state index contributed by atoms with van der Waals surface area (Å²) in [5.41, 5.74) is 1.56. The van der Waals surface area contributed by atoms with E-state index in [1.165, 1.54) is 6.33 Å². The van der Waals surface area contributed by atoms with Crippen LogP contribution in [0.25, 0.3) is 0 Å². The van der Waals surface area contributed by atoms with Gasteiger partial charge in [0.05, 0.1) is 17.5 Å². The van der Waals surface area contributed by atoms with Crippen LogP contribution < -0.4 is 5.32 Å². The van der Waals surface area contributed by atoms with E-state index in [1.807, 2.05) is 24.3 Å².